The molecule has 0 spiro atoms. The van der Waals surface area contributed by atoms with Crippen LogP contribution in [0.2, 0.25) is 0 Å². The lowest BCUT2D eigenvalue weighted by Gasteiger charge is -2.38. The molecule has 9 heteroatoms. The molecule has 1 fully saturated rings. The number of methoxy groups -OCH3 is 1. The van der Waals surface area contributed by atoms with Crippen molar-refractivity contribution in [2.24, 2.45) is 0 Å². The molecule has 0 unspecified atom stereocenters. The van der Waals surface area contributed by atoms with Crippen molar-refractivity contribution in [3.63, 3.8) is 0 Å². The topological polar surface area (TPSA) is 94.2 Å². The van der Waals surface area contributed by atoms with E-state index in [0.717, 1.165) is 0 Å². The van der Waals surface area contributed by atoms with Gasteiger partial charge in [-0.3, -0.25) is 4.79 Å². The summed E-state index contributed by atoms with van der Waals surface area (Å²) in [5.74, 6) is 0.626. The minimum Gasteiger partial charge on any atom is -0.486 e. The van der Waals surface area contributed by atoms with E-state index in [9.17, 15) is 13.2 Å². The Morgan fingerprint density at radius 2 is 2.08 bits per heavy atom. The van der Waals surface area contributed by atoms with Gasteiger partial charge in [0.15, 0.2) is 11.5 Å². The van der Waals surface area contributed by atoms with E-state index in [1.807, 2.05) is 0 Å². The lowest BCUT2D eigenvalue weighted by molar-refractivity contribution is -0.127. The second kappa shape index (κ2) is 6.96. The molecule has 1 saturated heterocycles. The zero-order chi connectivity index (χ0) is 17.2. The van der Waals surface area contributed by atoms with Crippen LogP contribution >= 0.6 is 0 Å². The maximum absolute atomic E-state index is 12.8. The minimum absolute atomic E-state index is 0.0983. The number of nitrogens with zero attached hydrogens (tertiary/aromatic N) is 1. The molecule has 1 amide bonds. The minimum atomic E-state index is -3.75. The fraction of sp³-hybridized carbons (Fsp3) is 0.533. The van der Waals surface area contributed by atoms with E-state index in [0.29, 0.717) is 50.8 Å². The first-order valence-corrected chi connectivity index (χ1v) is 9.16. The fourth-order valence-electron chi connectivity index (χ4n) is 2.63. The fourth-order valence-corrected chi connectivity index (χ4v) is 4.28. The first kappa shape index (κ1) is 17.0. The molecular formula is C15H20N2O6S. The summed E-state index contributed by atoms with van der Waals surface area (Å²) in [6.45, 7) is 1.87. The van der Waals surface area contributed by atoms with Gasteiger partial charge in [0.05, 0.1) is 11.5 Å². The van der Waals surface area contributed by atoms with Gasteiger partial charge in [0.1, 0.15) is 19.3 Å². The lowest BCUT2D eigenvalue weighted by Crippen LogP contribution is -2.58. The van der Waals surface area contributed by atoms with Crippen molar-refractivity contribution in [3.05, 3.63) is 18.2 Å². The average Bonchev–Trinajstić information content (AvgIpc) is 2.53. The lowest BCUT2D eigenvalue weighted by atomic mass is 10.1. The maximum atomic E-state index is 12.8. The van der Waals surface area contributed by atoms with Gasteiger partial charge in [-0.25, -0.2) is 8.42 Å². The molecule has 2 aliphatic heterocycles. The van der Waals surface area contributed by atoms with Crippen molar-refractivity contribution in [2.45, 2.75) is 17.4 Å². The van der Waals surface area contributed by atoms with Crippen molar-refractivity contribution >= 4 is 15.9 Å². The molecule has 0 saturated carbocycles. The number of ether oxygens (including phenoxy) is 3. The molecule has 0 radical (unpaired) electrons. The third-order valence-corrected chi connectivity index (χ3v) is 5.90. The molecule has 0 aromatic heterocycles. The Hall–Kier alpha value is -1.84. The molecule has 132 valence electrons. The van der Waals surface area contributed by atoms with E-state index >= 15 is 0 Å². The molecule has 1 aromatic rings. The number of carbonyl (C=O) groups is 1. The second-order valence-electron chi connectivity index (χ2n) is 5.51. The Labute approximate surface area is 140 Å². The molecule has 8 nitrogen and oxygen atoms in total. The van der Waals surface area contributed by atoms with Gasteiger partial charge >= 0.3 is 0 Å². The largest absolute Gasteiger partial charge is 0.486 e. The number of fused-ring (bicyclic) bond motifs is 1. The van der Waals surface area contributed by atoms with Crippen molar-refractivity contribution < 1.29 is 27.4 Å². The highest BCUT2D eigenvalue weighted by Crippen LogP contribution is 2.35. The van der Waals surface area contributed by atoms with Crippen LogP contribution in [-0.2, 0) is 19.6 Å². The number of hydrogen-bond donors (Lipinski definition) is 1. The Balaban J connectivity index is 1.74. The second-order valence-corrected chi connectivity index (χ2v) is 7.40. The standard InChI is InChI=1S/C15H20N2O6S/c1-21-7-5-16-15(18)12-4-6-17(12)24(19,20)11-2-3-13-14(10-11)23-9-8-22-13/h2-3,10,12H,4-9H2,1H3,(H,16,18)/t12-/m0/s1. The molecule has 1 atom stereocenters. The molecule has 2 heterocycles. The summed E-state index contributed by atoms with van der Waals surface area (Å²) >= 11 is 0. The van der Waals surface area contributed by atoms with Gasteiger partial charge in [0, 0.05) is 26.3 Å². The van der Waals surface area contributed by atoms with Gasteiger partial charge in [-0.1, -0.05) is 0 Å². The summed E-state index contributed by atoms with van der Waals surface area (Å²) in [6, 6.07) is 3.82. The first-order valence-electron chi connectivity index (χ1n) is 7.72. The van der Waals surface area contributed by atoms with Crippen molar-refractivity contribution in [1.82, 2.24) is 9.62 Å². The van der Waals surface area contributed by atoms with Crippen LogP contribution in [0.15, 0.2) is 23.1 Å². The summed E-state index contributed by atoms with van der Waals surface area (Å²) in [7, 11) is -2.22. The Morgan fingerprint density at radius 1 is 1.33 bits per heavy atom. The number of amides is 1. The van der Waals surface area contributed by atoms with Crippen molar-refractivity contribution in [2.75, 3.05) is 40.0 Å². The van der Waals surface area contributed by atoms with Crippen molar-refractivity contribution in [3.8, 4) is 11.5 Å². The van der Waals surface area contributed by atoms with Crippen LogP contribution in [0.1, 0.15) is 6.42 Å². The number of sulfonamides is 1. The van der Waals surface area contributed by atoms with Gasteiger partial charge < -0.3 is 19.5 Å². The van der Waals surface area contributed by atoms with Crippen LogP contribution in [0, 0.1) is 0 Å². The summed E-state index contributed by atoms with van der Waals surface area (Å²) in [5.41, 5.74) is 0. The molecule has 1 N–H and O–H groups in total. The molecule has 1 aromatic carbocycles. The van der Waals surface area contributed by atoms with E-state index in [-0.39, 0.29) is 10.8 Å². The van der Waals surface area contributed by atoms with Gasteiger partial charge in [0.2, 0.25) is 15.9 Å². The van der Waals surface area contributed by atoms with E-state index in [1.54, 1.807) is 6.07 Å². The Bertz CT molecular complexity index is 721. The van der Waals surface area contributed by atoms with Crippen LogP contribution < -0.4 is 14.8 Å². The zero-order valence-corrected chi connectivity index (χ0v) is 14.2. The van der Waals surface area contributed by atoms with Gasteiger partial charge in [-0.2, -0.15) is 4.31 Å². The van der Waals surface area contributed by atoms with E-state index in [4.69, 9.17) is 14.2 Å². The smallest absolute Gasteiger partial charge is 0.243 e. The number of hydrogen-bond acceptors (Lipinski definition) is 6. The van der Waals surface area contributed by atoms with E-state index in [1.165, 1.54) is 23.5 Å². The van der Waals surface area contributed by atoms with Gasteiger partial charge in [-0.15, -0.1) is 0 Å². The Kier molecular flexibility index (Phi) is 4.93. The molecule has 2 aliphatic rings. The molecule has 3 rings (SSSR count). The summed E-state index contributed by atoms with van der Waals surface area (Å²) in [5, 5.41) is 2.67. The highest BCUT2D eigenvalue weighted by atomic mass is 32.2. The molecule has 0 bridgehead atoms. The first-order chi connectivity index (χ1) is 11.5. The average molecular weight is 356 g/mol. The van der Waals surface area contributed by atoms with Gasteiger partial charge in [-0.05, 0) is 18.6 Å². The van der Waals surface area contributed by atoms with E-state index in [2.05, 4.69) is 5.32 Å². The summed E-state index contributed by atoms with van der Waals surface area (Å²) < 4.78 is 42.4. The molecule has 24 heavy (non-hydrogen) atoms. The number of nitrogens with one attached hydrogen (secondary N) is 1. The quantitative estimate of drug-likeness (QED) is 0.720. The highest BCUT2D eigenvalue weighted by Gasteiger charge is 2.42. The van der Waals surface area contributed by atoms with Gasteiger partial charge in [0.25, 0.3) is 0 Å². The number of rotatable bonds is 6. The van der Waals surface area contributed by atoms with Crippen molar-refractivity contribution in [1.29, 1.82) is 0 Å². The van der Waals surface area contributed by atoms with E-state index < -0.39 is 16.1 Å². The molecular weight excluding hydrogens is 336 g/mol. The number of carbonyl (C=O) groups excluding carboxylic acids is 1. The SMILES string of the molecule is COCCNC(=O)[C@@H]1CCN1S(=O)(=O)c1ccc2c(c1)OCCO2. The van der Waals surface area contributed by atoms with Crippen LogP contribution in [-0.4, -0.2) is 64.7 Å². The third-order valence-electron chi connectivity index (χ3n) is 4.00. The summed E-state index contributed by atoms with van der Waals surface area (Å²) in [4.78, 5) is 12.2. The monoisotopic (exact) mass is 356 g/mol. The van der Waals surface area contributed by atoms with Crippen LogP contribution in [0.5, 0.6) is 11.5 Å². The highest BCUT2D eigenvalue weighted by molar-refractivity contribution is 7.89. The van der Waals surface area contributed by atoms with Crippen LogP contribution in [0.4, 0.5) is 0 Å². The third kappa shape index (κ3) is 3.19. The maximum Gasteiger partial charge on any atom is 0.243 e. The predicted molar refractivity (Wildman–Crippen MR) is 84.6 cm³/mol. The Morgan fingerprint density at radius 3 is 2.75 bits per heavy atom. The normalized spacial score (nSPS) is 20.3. The molecule has 0 aliphatic carbocycles. The summed E-state index contributed by atoms with van der Waals surface area (Å²) in [6.07, 6.45) is 0.503. The zero-order valence-electron chi connectivity index (χ0n) is 13.4. The number of benzene rings is 1. The predicted octanol–water partition coefficient (Wildman–Crippen LogP) is -0.0166. The van der Waals surface area contributed by atoms with Crippen LogP contribution in [0.25, 0.3) is 0 Å². The van der Waals surface area contributed by atoms with Crippen LogP contribution in [0.3, 0.4) is 0 Å².